The molecule has 2 fully saturated rings. The molecule has 2 rings (SSSR count). The number of esters is 1. The van der Waals surface area contributed by atoms with E-state index in [1.165, 1.54) is 0 Å². The van der Waals surface area contributed by atoms with Crippen LogP contribution in [0, 0.1) is 0 Å². The predicted molar refractivity (Wildman–Crippen MR) is 123 cm³/mol. The van der Waals surface area contributed by atoms with Crippen LogP contribution in [0.1, 0.15) is 51.4 Å². The Morgan fingerprint density at radius 1 is 0.757 bits per heavy atom. The predicted octanol–water partition coefficient (Wildman–Crippen LogP) is -1.42. The fourth-order valence-corrected chi connectivity index (χ4v) is 4.11. The molecule has 15 nitrogen and oxygen atoms in total. The number of hydrogen-bond donors (Lipinski definition) is 7. The lowest BCUT2D eigenvalue weighted by atomic mass is 9.98. The van der Waals surface area contributed by atoms with Crippen LogP contribution in [0.4, 0.5) is 0 Å². The molecule has 15 heteroatoms. The van der Waals surface area contributed by atoms with Crippen molar-refractivity contribution in [1.82, 2.24) is 0 Å². The molecule has 0 aromatic rings. The molecule has 2 heterocycles. The van der Waals surface area contributed by atoms with E-state index in [2.05, 4.69) is 10.0 Å². The van der Waals surface area contributed by atoms with Crippen LogP contribution in [0.2, 0.25) is 0 Å². The molecular weight excluding hydrogens is 498 g/mol. The Balaban J connectivity index is 1.74. The minimum atomic E-state index is -1.78. The number of carbonyl (C=O) groups is 1. The molecule has 0 aliphatic carbocycles. The van der Waals surface area contributed by atoms with Gasteiger partial charge in [0.2, 0.25) is 0 Å². The van der Waals surface area contributed by atoms with Gasteiger partial charge in [-0.2, -0.15) is 0 Å². The van der Waals surface area contributed by atoms with Crippen LogP contribution < -0.4 is 0 Å². The van der Waals surface area contributed by atoms with Crippen molar-refractivity contribution in [2.75, 3.05) is 19.8 Å². The molecule has 2 aliphatic heterocycles. The highest BCUT2D eigenvalue weighted by Crippen LogP contribution is 2.28. The molecule has 214 valence electrons. The van der Waals surface area contributed by atoms with Gasteiger partial charge in [-0.05, 0) is 18.4 Å². The van der Waals surface area contributed by atoms with E-state index in [9.17, 15) is 40.5 Å². The van der Waals surface area contributed by atoms with Crippen molar-refractivity contribution >= 4 is 5.97 Å². The number of azide groups is 1. The molecule has 0 amide bonds. The molecule has 0 bridgehead atoms. The molecule has 2 saturated heterocycles. The van der Waals surface area contributed by atoms with Crippen LogP contribution in [0.15, 0.2) is 5.11 Å². The van der Waals surface area contributed by atoms with Crippen LogP contribution in [-0.2, 0) is 23.7 Å². The fourth-order valence-electron chi connectivity index (χ4n) is 4.11. The molecular formula is C22H39N3O12. The largest absolute Gasteiger partial charge is 0.463 e. The number of hydrogen-bond acceptors (Lipinski definition) is 13. The van der Waals surface area contributed by atoms with Crippen molar-refractivity contribution in [2.24, 2.45) is 5.11 Å². The Morgan fingerprint density at radius 3 is 1.84 bits per heavy atom. The molecule has 0 aromatic heterocycles. The number of nitrogens with zero attached hydrogens (tertiary/aromatic N) is 3. The van der Waals surface area contributed by atoms with Gasteiger partial charge >= 0.3 is 5.97 Å². The Hall–Kier alpha value is -1.62. The van der Waals surface area contributed by atoms with Gasteiger partial charge in [0.25, 0.3) is 0 Å². The molecule has 6 unspecified atom stereocenters. The summed E-state index contributed by atoms with van der Waals surface area (Å²) in [5, 5.41) is 73.3. The molecule has 7 N–H and O–H groups in total. The lowest BCUT2D eigenvalue weighted by Gasteiger charge is -2.44. The van der Waals surface area contributed by atoms with Crippen molar-refractivity contribution in [3.05, 3.63) is 10.4 Å². The first-order valence-electron chi connectivity index (χ1n) is 12.5. The van der Waals surface area contributed by atoms with Gasteiger partial charge in [-0.15, -0.1) is 0 Å². The summed E-state index contributed by atoms with van der Waals surface area (Å²) in [5.74, 6) is -0.530. The van der Waals surface area contributed by atoms with Gasteiger partial charge in [0.1, 0.15) is 55.4 Å². The quantitative estimate of drug-likeness (QED) is 0.0418. The second kappa shape index (κ2) is 16.4. The lowest BCUT2D eigenvalue weighted by molar-refractivity contribution is -0.376. The fraction of sp³-hybridized carbons (Fsp3) is 0.955. The zero-order valence-corrected chi connectivity index (χ0v) is 20.6. The maximum absolute atomic E-state index is 12.1. The monoisotopic (exact) mass is 537 g/mol. The summed E-state index contributed by atoms with van der Waals surface area (Å²) in [7, 11) is 0. The third-order valence-corrected chi connectivity index (χ3v) is 6.40. The first-order valence-corrected chi connectivity index (χ1v) is 12.5. The Kier molecular flexibility index (Phi) is 14.0. The second-order valence-electron chi connectivity index (χ2n) is 9.21. The topological polar surface area (TPSA) is 244 Å². The average molecular weight is 538 g/mol. The zero-order valence-electron chi connectivity index (χ0n) is 20.6. The highest BCUT2D eigenvalue weighted by molar-refractivity contribution is 5.69. The van der Waals surface area contributed by atoms with E-state index in [1.807, 2.05) is 0 Å². The second-order valence-corrected chi connectivity index (χ2v) is 9.21. The smallest absolute Gasteiger partial charge is 0.305 e. The van der Waals surface area contributed by atoms with Gasteiger partial charge < -0.3 is 54.7 Å². The minimum absolute atomic E-state index is 0.148. The zero-order chi connectivity index (χ0) is 27.4. The first-order chi connectivity index (χ1) is 17.7. The summed E-state index contributed by atoms with van der Waals surface area (Å²) in [4.78, 5) is 14.8. The van der Waals surface area contributed by atoms with Gasteiger partial charge in [-0.25, -0.2) is 0 Å². The third kappa shape index (κ3) is 9.57. The summed E-state index contributed by atoms with van der Waals surface area (Å²) in [6.45, 7) is -0.639. The Bertz CT molecular complexity index is 725. The van der Waals surface area contributed by atoms with Crippen LogP contribution in [0.5, 0.6) is 0 Å². The van der Waals surface area contributed by atoms with E-state index in [-0.39, 0.29) is 6.42 Å². The molecule has 0 saturated carbocycles. The normalized spacial score (nSPS) is 36.1. The lowest BCUT2D eigenvalue weighted by Crippen LogP contribution is -2.63. The molecule has 0 spiro atoms. The maximum atomic E-state index is 12.1. The van der Waals surface area contributed by atoms with Crippen molar-refractivity contribution in [3.63, 3.8) is 0 Å². The third-order valence-electron chi connectivity index (χ3n) is 6.40. The van der Waals surface area contributed by atoms with Gasteiger partial charge in [0.05, 0.1) is 6.61 Å². The van der Waals surface area contributed by atoms with E-state index in [0.29, 0.717) is 13.0 Å². The molecule has 2 aliphatic rings. The molecule has 0 aromatic carbocycles. The highest BCUT2D eigenvalue weighted by Gasteiger charge is 2.49. The number of ether oxygens (including phenoxy) is 4. The summed E-state index contributed by atoms with van der Waals surface area (Å²) < 4.78 is 21.1. The number of unbranched alkanes of at least 4 members (excludes halogenated alkanes) is 6. The van der Waals surface area contributed by atoms with Gasteiger partial charge in [0.15, 0.2) is 12.6 Å². The summed E-state index contributed by atoms with van der Waals surface area (Å²) in [6, 6.07) is 0. The number of carbonyl (C=O) groups excluding carboxylic acids is 1. The van der Waals surface area contributed by atoms with Crippen molar-refractivity contribution < 1.29 is 59.5 Å². The van der Waals surface area contributed by atoms with Crippen LogP contribution in [0.3, 0.4) is 0 Å². The summed E-state index contributed by atoms with van der Waals surface area (Å²) in [6.07, 6.45) is -9.73. The standard InChI is InChI=1S/C22H39N3O12/c23-25-24-9-7-5-3-1-2-4-6-8-14(27)34-11-13-16(29)18(31)20(33)22(36-13)37-21-19(32)17(30)15(28)12(10-26)35-21/h12-13,15-22,26,28-33H,1-11H2/t12?,13?,15-,16-,17?,18?,19?,20?,21-,22-/m1/s1. The van der Waals surface area contributed by atoms with Crippen LogP contribution in [-0.4, -0.2) is 123 Å². The molecule has 0 radical (unpaired) electrons. The van der Waals surface area contributed by atoms with Crippen molar-refractivity contribution in [1.29, 1.82) is 0 Å². The number of aliphatic hydroxyl groups excluding tert-OH is 7. The molecule has 37 heavy (non-hydrogen) atoms. The maximum Gasteiger partial charge on any atom is 0.305 e. The van der Waals surface area contributed by atoms with E-state index in [4.69, 9.17) is 24.5 Å². The Morgan fingerprint density at radius 2 is 1.27 bits per heavy atom. The summed E-state index contributed by atoms with van der Waals surface area (Å²) in [5.41, 5.74) is 8.21. The van der Waals surface area contributed by atoms with Gasteiger partial charge in [-0.1, -0.05) is 37.2 Å². The van der Waals surface area contributed by atoms with Crippen LogP contribution >= 0.6 is 0 Å². The van der Waals surface area contributed by atoms with E-state index < -0.39 is 80.6 Å². The van der Waals surface area contributed by atoms with Gasteiger partial charge in [-0.3, -0.25) is 4.79 Å². The van der Waals surface area contributed by atoms with Gasteiger partial charge in [0, 0.05) is 17.9 Å². The van der Waals surface area contributed by atoms with Crippen molar-refractivity contribution in [2.45, 2.75) is 113 Å². The Labute approximate surface area is 214 Å². The molecule has 10 atom stereocenters. The van der Waals surface area contributed by atoms with E-state index >= 15 is 0 Å². The first kappa shape index (κ1) is 31.6. The van der Waals surface area contributed by atoms with Crippen molar-refractivity contribution in [3.8, 4) is 0 Å². The highest BCUT2D eigenvalue weighted by atomic mass is 16.8. The van der Waals surface area contributed by atoms with E-state index in [0.717, 1.165) is 38.5 Å². The number of rotatable bonds is 15. The average Bonchev–Trinajstić information content (AvgIpc) is 2.89. The minimum Gasteiger partial charge on any atom is -0.463 e. The van der Waals surface area contributed by atoms with Crippen LogP contribution in [0.25, 0.3) is 10.4 Å². The summed E-state index contributed by atoms with van der Waals surface area (Å²) >= 11 is 0. The van der Waals surface area contributed by atoms with E-state index in [1.54, 1.807) is 0 Å². The number of aliphatic hydroxyl groups is 7. The SMILES string of the molecule is [N-]=[N+]=NCCCCCCCCCC(=O)OCC1O[C@H](O[C@H]2OC(CO)[C@@H](O)C(O)C2O)C(O)C(O)[C@@H]1O.